The lowest BCUT2D eigenvalue weighted by atomic mass is 10.3. The summed E-state index contributed by atoms with van der Waals surface area (Å²) >= 11 is 1.54. The van der Waals surface area contributed by atoms with Crippen molar-refractivity contribution in [1.29, 1.82) is 0 Å². The molecule has 0 spiro atoms. The van der Waals surface area contributed by atoms with Gasteiger partial charge in [-0.15, -0.1) is 11.8 Å². The second kappa shape index (κ2) is 3.53. The van der Waals surface area contributed by atoms with Crippen LogP contribution in [0.4, 0.5) is 0 Å². The summed E-state index contributed by atoms with van der Waals surface area (Å²) in [6.45, 7) is 1.53. The van der Waals surface area contributed by atoms with Gasteiger partial charge in [-0.3, -0.25) is 9.78 Å². The van der Waals surface area contributed by atoms with Crippen LogP contribution >= 0.6 is 11.8 Å². The van der Waals surface area contributed by atoms with Gasteiger partial charge in [-0.05, 0) is 18.4 Å². The summed E-state index contributed by atoms with van der Waals surface area (Å²) in [4.78, 5) is 15.9. The highest BCUT2D eigenvalue weighted by atomic mass is 32.2. The van der Waals surface area contributed by atoms with E-state index in [2.05, 4.69) is 4.98 Å². The van der Waals surface area contributed by atoms with Gasteiger partial charge >= 0.3 is 0 Å². The van der Waals surface area contributed by atoms with E-state index in [1.54, 1.807) is 18.0 Å². The maximum absolute atomic E-state index is 10.9. The van der Waals surface area contributed by atoms with Crippen molar-refractivity contribution < 1.29 is 4.79 Å². The molecule has 0 fully saturated rings. The van der Waals surface area contributed by atoms with Crippen LogP contribution in [0.25, 0.3) is 0 Å². The molecule has 3 heteroatoms. The van der Waals surface area contributed by atoms with Crippen molar-refractivity contribution in [1.82, 2.24) is 4.98 Å². The molecule has 0 aliphatic heterocycles. The first-order valence-electron chi connectivity index (χ1n) is 3.25. The summed E-state index contributed by atoms with van der Waals surface area (Å²) < 4.78 is 0. The number of carbonyl (C=O) groups is 1. The fourth-order valence-corrected chi connectivity index (χ4v) is 1.42. The summed E-state index contributed by atoms with van der Waals surface area (Å²) in [7, 11) is 0. The number of pyridine rings is 1. The molecule has 1 aromatic heterocycles. The molecule has 0 unspecified atom stereocenters. The Bertz CT molecular complexity index is 273. The Labute approximate surface area is 70.0 Å². The Hall–Kier alpha value is -0.830. The molecule has 0 aliphatic carbocycles. The molecule has 11 heavy (non-hydrogen) atoms. The van der Waals surface area contributed by atoms with Crippen molar-refractivity contribution in [3.8, 4) is 0 Å². The van der Waals surface area contributed by atoms with E-state index < -0.39 is 0 Å². The minimum Gasteiger partial charge on any atom is -0.293 e. The molecular weight excluding hydrogens is 158 g/mol. The molecular formula is C8H9NOS. The second-order valence-electron chi connectivity index (χ2n) is 2.11. The summed E-state index contributed by atoms with van der Waals surface area (Å²) in [6, 6.07) is 3.73. The summed E-state index contributed by atoms with van der Waals surface area (Å²) in [5.74, 6) is 0.0231. The van der Waals surface area contributed by atoms with E-state index >= 15 is 0 Å². The third kappa shape index (κ3) is 1.80. The average molecular weight is 167 g/mol. The maximum Gasteiger partial charge on any atom is 0.179 e. The largest absolute Gasteiger partial charge is 0.293 e. The molecule has 0 saturated heterocycles. The average Bonchev–Trinajstić information content (AvgIpc) is 2.04. The number of Topliss-reactive ketones (excluding diaryl/α,β-unsaturated/α-hetero) is 1. The Balaban J connectivity index is 3.12. The third-order valence-electron chi connectivity index (χ3n) is 1.32. The quantitative estimate of drug-likeness (QED) is 0.498. The number of hydrogen-bond donors (Lipinski definition) is 0. The summed E-state index contributed by atoms with van der Waals surface area (Å²) in [5, 5.41) is 0. The van der Waals surface area contributed by atoms with Crippen molar-refractivity contribution in [2.45, 2.75) is 11.8 Å². The van der Waals surface area contributed by atoms with E-state index in [4.69, 9.17) is 0 Å². The molecule has 0 amide bonds. The van der Waals surface area contributed by atoms with Crippen LogP contribution < -0.4 is 0 Å². The molecule has 0 aliphatic rings. The zero-order valence-electron chi connectivity index (χ0n) is 6.50. The Kier molecular flexibility index (Phi) is 2.65. The predicted molar refractivity (Wildman–Crippen MR) is 46.0 cm³/mol. The summed E-state index contributed by atoms with van der Waals surface area (Å²) in [6.07, 6.45) is 3.57. The van der Waals surface area contributed by atoms with E-state index in [9.17, 15) is 4.79 Å². The first kappa shape index (κ1) is 8.27. The van der Waals surface area contributed by atoms with Crippen molar-refractivity contribution >= 4 is 17.5 Å². The van der Waals surface area contributed by atoms with Gasteiger partial charge in [0.15, 0.2) is 5.78 Å². The van der Waals surface area contributed by atoms with E-state index in [1.165, 1.54) is 6.92 Å². The first-order valence-corrected chi connectivity index (χ1v) is 4.48. The van der Waals surface area contributed by atoms with Crippen LogP contribution in [0.3, 0.4) is 0 Å². The van der Waals surface area contributed by atoms with Gasteiger partial charge in [-0.1, -0.05) is 0 Å². The lowest BCUT2D eigenvalue weighted by Gasteiger charge is -1.99. The molecule has 0 bridgehead atoms. The lowest BCUT2D eigenvalue weighted by Crippen LogP contribution is -1.97. The van der Waals surface area contributed by atoms with Gasteiger partial charge in [0, 0.05) is 18.0 Å². The molecule has 1 rings (SSSR count). The monoisotopic (exact) mass is 167 g/mol. The van der Waals surface area contributed by atoms with E-state index in [0.717, 1.165) is 4.90 Å². The molecule has 58 valence electrons. The third-order valence-corrected chi connectivity index (χ3v) is 2.09. The molecule has 0 radical (unpaired) electrons. The topological polar surface area (TPSA) is 30.0 Å². The number of nitrogens with zero attached hydrogens (tertiary/aromatic N) is 1. The second-order valence-corrected chi connectivity index (χ2v) is 2.96. The number of hydrogen-bond acceptors (Lipinski definition) is 3. The van der Waals surface area contributed by atoms with Gasteiger partial charge in [0.1, 0.15) is 5.69 Å². The van der Waals surface area contributed by atoms with E-state index in [1.807, 2.05) is 18.4 Å². The van der Waals surface area contributed by atoms with Gasteiger partial charge in [0.2, 0.25) is 0 Å². The van der Waals surface area contributed by atoms with E-state index in [0.29, 0.717) is 5.69 Å². The fraction of sp³-hybridized carbons (Fsp3) is 0.250. The molecule has 0 atom stereocenters. The van der Waals surface area contributed by atoms with Crippen LogP contribution in [0.1, 0.15) is 17.4 Å². The van der Waals surface area contributed by atoms with Crippen molar-refractivity contribution in [2.75, 3.05) is 6.26 Å². The van der Waals surface area contributed by atoms with Crippen LogP contribution in [0, 0.1) is 0 Å². The zero-order chi connectivity index (χ0) is 8.27. The fourth-order valence-electron chi connectivity index (χ4n) is 0.820. The van der Waals surface area contributed by atoms with Crippen LogP contribution in [-0.4, -0.2) is 17.0 Å². The van der Waals surface area contributed by atoms with Gasteiger partial charge in [-0.2, -0.15) is 0 Å². The minimum atomic E-state index is 0.0231. The first-order chi connectivity index (χ1) is 5.25. The molecule has 1 aromatic rings. The molecule has 1 heterocycles. The molecule has 0 N–H and O–H groups in total. The Morgan fingerprint density at radius 3 is 2.82 bits per heavy atom. The molecule has 0 aromatic carbocycles. The zero-order valence-corrected chi connectivity index (χ0v) is 7.31. The van der Waals surface area contributed by atoms with Crippen LogP contribution in [-0.2, 0) is 0 Å². The minimum absolute atomic E-state index is 0.0231. The van der Waals surface area contributed by atoms with E-state index in [-0.39, 0.29) is 5.78 Å². The highest BCUT2D eigenvalue weighted by Crippen LogP contribution is 2.17. The number of aromatic nitrogens is 1. The van der Waals surface area contributed by atoms with Gasteiger partial charge in [0.05, 0.1) is 0 Å². The molecule has 0 saturated carbocycles. The smallest absolute Gasteiger partial charge is 0.179 e. The van der Waals surface area contributed by atoms with Crippen LogP contribution in [0.15, 0.2) is 23.2 Å². The number of carbonyl (C=O) groups excluding carboxylic acids is 1. The lowest BCUT2D eigenvalue weighted by molar-refractivity contribution is 0.101. The normalized spacial score (nSPS) is 9.64. The highest BCUT2D eigenvalue weighted by molar-refractivity contribution is 7.98. The summed E-state index contributed by atoms with van der Waals surface area (Å²) in [5.41, 5.74) is 0.569. The van der Waals surface area contributed by atoms with Crippen molar-refractivity contribution in [3.05, 3.63) is 24.0 Å². The molecule has 2 nitrogen and oxygen atoms in total. The van der Waals surface area contributed by atoms with Gasteiger partial charge in [0.25, 0.3) is 0 Å². The highest BCUT2D eigenvalue weighted by Gasteiger charge is 2.05. The Morgan fingerprint density at radius 2 is 2.36 bits per heavy atom. The Morgan fingerprint density at radius 1 is 1.64 bits per heavy atom. The SMILES string of the molecule is CSc1cccnc1C(C)=O. The number of rotatable bonds is 2. The van der Waals surface area contributed by atoms with Crippen LogP contribution in [0.2, 0.25) is 0 Å². The maximum atomic E-state index is 10.9. The predicted octanol–water partition coefficient (Wildman–Crippen LogP) is 2.01. The van der Waals surface area contributed by atoms with Gasteiger partial charge in [-0.25, -0.2) is 0 Å². The number of ketones is 1. The van der Waals surface area contributed by atoms with Gasteiger partial charge < -0.3 is 0 Å². The number of thioether (sulfide) groups is 1. The van der Waals surface area contributed by atoms with Crippen molar-refractivity contribution in [2.24, 2.45) is 0 Å². The standard InChI is InChI=1S/C8H9NOS/c1-6(10)8-7(11-2)4-3-5-9-8/h3-5H,1-2H3. The van der Waals surface area contributed by atoms with Crippen molar-refractivity contribution in [3.63, 3.8) is 0 Å². The van der Waals surface area contributed by atoms with Crippen LogP contribution in [0.5, 0.6) is 0 Å².